The third-order valence-electron chi connectivity index (χ3n) is 4.20. The fraction of sp³-hybridized carbons (Fsp3) is 1.00. The van der Waals surface area contributed by atoms with E-state index in [1.807, 2.05) is 0 Å². The second-order valence-electron chi connectivity index (χ2n) is 5.23. The molecule has 0 amide bonds. The summed E-state index contributed by atoms with van der Waals surface area (Å²) in [5.74, 6) is 2.54. The predicted molar refractivity (Wildman–Crippen MR) is 74.6 cm³/mol. The summed E-state index contributed by atoms with van der Waals surface area (Å²) < 4.78 is 5.72. The number of hydrogen-bond acceptors (Lipinski definition) is 4. The smallest absolute Gasteiger partial charge is 0.0599 e. The maximum absolute atomic E-state index is 6.08. The molecule has 0 aliphatic carbocycles. The molecule has 0 aromatic rings. The van der Waals surface area contributed by atoms with E-state index >= 15 is 0 Å². The molecule has 0 saturated carbocycles. The van der Waals surface area contributed by atoms with Crippen molar-refractivity contribution in [2.75, 3.05) is 37.7 Å². The first-order valence-electron chi connectivity index (χ1n) is 6.95. The number of likely N-dealkylation sites (tertiary alicyclic amines) is 1. The summed E-state index contributed by atoms with van der Waals surface area (Å²) in [6.45, 7) is 6.10. The summed E-state index contributed by atoms with van der Waals surface area (Å²) in [5.41, 5.74) is 6.37. The van der Waals surface area contributed by atoms with Crippen LogP contribution in [0.1, 0.15) is 32.6 Å². The molecule has 2 fully saturated rings. The van der Waals surface area contributed by atoms with Crippen molar-refractivity contribution in [1.82, 2.24) is 4.90 Å². The highest BCUT2D eigenvalue weighted by atomic mass is 32.2. The largest absolute Gasteiger partial charge is 0.378 e. The van der Waals surface area contributed by atoms with E-state index in [9.17, 15) is 0 Å². The van der Waals surface area contributed by atoms with Crippen LogP contribution in [0.4, 0.5) is 0 Å². The van der Waals surface area contributed by atoms with E-state index in [0.717, 1.165) is 13.2 Å². The summed E-state index contributed by atoms with van der Waals surface area (Å²) in [4.78, 5) is 2.65. The van der Waals surface area contributed by atoms with Crippen molar-refractivity contribution in [3.05, 3.63) is 0 Å². The fourth-order valence-corrected chi connectivity index (χ4v) is 4.43. The van der Waals surface area contributed by atoms with Gasteiger partial charge in [0.1, 0.15) is 0 Å². The molecule has 100 valence electrons. The lowest BCUT2D eigenvalue weighted by Crippen LogP contribution is -2.59. The van der Waals surface area contributed by atoms with E-state index in [1.165, 1.54) is 50.3 Å². The Bertz CT molecular complexity index is 223. The van der Waals surface area contributed by atoms with Gasteiger partial charge in [0, 0.05) is 37.5 Å². The molecule has 0 spiro atoms. The van der Waals surface area contributed by atoms with Crippen LogP contribution in [-0.4, -0.2) is 54.3 Å². The van der Waals surface area contributed by atoms with E-state index in [4.69, 9.17) is 10.5 Å². The maximum Gasteiger partial charge on any atom is 0.0599 e. The van der Waals surface area contributed by atoms with Gasteiger partial charge in [-0.2, -0.15) is 11.8 Å². The monoisotopic (exact) mass is 258 g/mol. The Balaban J connectivity index is 1.89. The Morgan fingerprint density at radius 3 is 2.71 bits per heavy atom. The molecule has 1 unspecified atom stereocenters. The molecule has 0 bridgehead atoms. The van der Waals surface area contributed by atoms with E-state index in [2.05, 4.69) is 23.6 Å². The molecular weight excluding hydrogens is 232 g/mol. The summed E-state index contributed by atoms with van der Waals surface area (Å²) in [5, 5.41) is 0. The van der Waals surface area contributed by atoms with Crippen LogP contribution in [0.3, 0.4) is 0 Å². The summed E-state index contributed by atoms with van der Waals surface area (Å²) in [6, 6.07) is 0. The zero-order valence-electron chi connectivity index (χ0n) is 11.0. The van der Waals surface area contributed by atoms with Crippen LogP contribution in [0.15, 0.2) is 0 Å². The van der Waals surface area contributed by atoms with E-state index < -0.39 is 0 Å². The van der Waals surface area contributed by atoms with Crippen molar-refractivity contribution in [2.45, 2.75) is 44.2 Å². The predicted octanol–water partition coefficient (Wildman–Crippen LogP) is 1.71. The first kappa shape index (κ1) is 13.7. The highest BCUT2D eigenvalue weighted by Gasteiger charge is 2.38. The normalized spacial score (nSPS) is 32.8. The molecule has 0 aromatic heterocycles. The summed E-state index contributed by atoms with van der Waals surface area (Å²) in [6.07, 6.45) is 5.46. The number of rotatable bonds is 4. The van der Waals surface area contributed by atoms with E-state index in [-0.39, 0.29) is 0 Å². The zero-order chi connectivity index (χ0) is 12.1. The van der Waals surface area contributed by atoms with E-state index in [1.54, 1.807) is 0 Å². The molecule has 3 nitrogen and oxygen atoms in total. The molecule has 2 N–H and O–H groups in total. The van der Waals surface area contributed by atoms with Gasteiger partial charge in [0.15, 0.2) is 0 Å². The van der Waals surface area contributed by atoms with Crippen LogP contribution >= 0.6 is 11.8 Å². The number of nitrogens with two attached hydrogens (primary N) is 1. The molecule has 0 aromatic carbocycles. The molecule has 0 radical (unpaired) electrons. The Labute approximate surface area is 109 Å². The van der Waals surface area contributed by atoms with Crippen molar-refractivity contribution in [3.8, 4) is 0 Å². The molecule has 2 rings (SSSR count). The molecular formula is C13H26N2OS. The van der Waals surface area contributed by atoms with Gasteiger partial charge in [-0.15, -0.1) is 0 Å². The highest BCUT2D eigenvalue weighted by molar-refractivity contribution is 7.99. The third-order valence-corrected chi connectivity index (χ3v) is 5.52. The minimum Gasteiger partial charge on any atom is -0.378 e. The van der Waals surface area contributed by atoms with Crippen LogP contribution in [0.25, 0.3) is 0 Å². The van der Waals surface area contributed by atoms with Crippen molar-refractivity contribution in [2.24, 2.45) is 5.73 Å². The molecule has 17 heavy (non-hydrogen) atoms. The van der Waals surface area contributed by atoms with Crippen molar-refractivity contribution >= 4 is 11.8 Å². The zero-order valence-corrected chi connectivity index (χ0v) is 11.8. The first-order valence-corrected chi connectivity index (χ1v) is 8.11. The third kappa shape index (κ3) is 3.16. The minimum atomic E-state index is 0.292. The van der Waals surface area contributed by atoms with Gasteiger partial charge in [-0.25, -0.2) is 0 Å². The molecule has 2 saturated heterocycles. The number of hydrogen-bond donors (Lipinski definition) is 1. The Morgan fingerprint density at radius 2 is 2.18 bits per heavy atom. The maximum atomic E-state index is 6.08. The standard InChI is InChI=1S/C13H26N2OS/c1-2-16-12-4-7-15(8-5-12)13(10-14)6-3-9-17-11-13/h12H,2-11,14H2,1H3. The number of piperidine rings is 1. The molecule has 4 heteroatoms. The SMILES string of the molecule is CCOC1CCN(C2(CN)CCCSC2)CC1. The number of thioether (sulfide) groups is 1. The van der Waals surface area contributed by atoms with Gasteiger partial charge in [0.25, 0.3) is 0 Å². The van der Waals surface area contributed by atoms with Gasteiger partial charge in [-0.1, -0.05) is 0 Å². The lowest BCUT2D eigenvalue weighted by molar-refractivity contribution is -0.0153. The Morgan fingerprint density at radius 1 is 1.41 bits per heavy atom. The van der Waals surface area contributed by atoms with Gasteiger partial charge in [-0.05, 0) is 38.4 Å². The molecule has 2 aliphatic rings. The van der Waals surface area contributed by atoms with Gasteiger partial charge in [-0.3, -0.25) is 4.90 Å². The average Bonchev–Trinajstić information content (AvgIpc) is 2.41. The van der Waals surface area contributed by atoms with Gasteiger partial charge >= 0.3 is 0 Å². The molecule has 2 aliphatic heterocycles. The highest BCUT2D eigenvalue weighted by Crippen LogP contribution is 2.33. The van der Waals surface area contributed by atoms with Crippen LogP contribution in [0.2, 0.25) is 0 Å². The first-order chi connectivity index (χ1) is 8.30. The van der Waals surface area contributed by atoms with Gasteiger partial charge in [0.2, 0.25) is 0 Å². The number of ether oxygens (including phenoxy) is 1. The lowest BCUT2D eigenvalue weighted by atomic mass is 9.90. The second-order valence-corrected chi connectivity index (χ2v) is 6.33. The van der Waals surface area contributed by atoms with Crippen molar-refractivity contribution < 1.29 is 4.74 Å². The van der Waals surface area contributed by atoms with Crippen LogP contribution in [0, 0.1) is 0 Å². The Hall–Kier alpha value is 0.230. The fourth-order valence-electron chi connectivity index (χ4n) is 3.11. The van der Waals surface area contributed by atoms with Crippen LogP contribution in [-0.2, 0) is 4.74 Å². The molecule has 1 atom stereocenters. The minimum absolute atomic E-state index is 0.292. The van der Waals surface area contributed by atoms with E-state index in [0.29, 0.717) is 11.6 Å². The quantitative estimate of drug-likeness (QED) is 0.833. The average molecular weight is 258 g/mol. The van der Waals surface area contributed by atoms with Crippen LogP contribution < -0.4 is 5.73 Å². The summed E-state index contributed by atoms with van der Waals surface area (Å²) >= 11 is 2.08. The number of nitrogens with zero attached hydrogens (tertiary/aromatic N) is 1. The van der Waals surface area contributed by atoms with Gasteiger partial charge in [0.05, 0.1) is 6.10 Å². The van der Waals surface area contributed by atoms with Crippen LogP contribution in [0.5, 0.6) is 0 Å². The molecule has 2 heterocycles. The topological polar surface area (TPSA) is 38.5 Å². The van der Waals surface area contributed by atoms with Crippen molar-refractivity contribution in [3.63, 3.8) is 0 Å². The lowest BCUT2D eigenvalue weighted by Gasteiger charge is -2.48. The van der Waals surface area contributed by atoms with Gasteiger partial charge < -0.3 is 10.5 Å². The Kier molecular flexibility index (Phi) is 5.15. The van der Waals surface area contributed by atoms with Crippen molar-refractivity contribution in [1.29, 1.82) is 0 Å². The summed E-state index contributed by atoms with van der Waals surface area (Å²) in [7, 11) is 0. The second kappa shape index (κ2) is 6.41.